The standard InChI is InChI=1S/C19H26N2O3S/c1-5-11-25-14-9-7-13(8-10-14)17-16(18(22)24-12(3)4)15(6-2)20-19(23)21-17/h7-10,12,17H,5-6,11H2,1-4H3,(H2,20,21,23). The van der Waals surface area contributed by atoms with Crippen LogP contribution < -0.4 is 10.6 Å². The molecule has 0 aromatic heterocycles. The van der Waals surface area contributed by atoms with Crippen LogP contribution >= 0.6 is 11.8 Å². The van der Waals surface area contributed by atoms with Crippen molar-refractivity contribution in [2.24, 2.45) is 0 Å². The smallest absolute Gasteiger partial charge is 0.338 e. The summed E-state index contributed by atoms with van der Waals surface area (Å²) in [6.07, 6.45) is 1.45. The molecule has 1 aliphatic rings. The second-order valence-electron chi connectivity index (χ2n) is 6.15. The van der Waals surface area contributed by atoms with Gasteiger partial charge in [0.15, 0.2) is 0 Å². The van der Waals surface area contributed by atoms with Gasteiger partial charge in [-0.15, -0.1) is 11.8 Å². The number of nitrogens with one attached hydrogen (secondary N) is 2. The van der Waals surface area contributed by atoms with E-state index in [0.717, 1.165) is 17.7 Å². The normalized spacial score (nSPS) is 17.3. The van der Waals surface area contributed by atoms with E-state index in [1.165, 1.54) is 4.90 Å². The minimum atomic E-state index is -0.500. The van der Waals surface area contributed by atoms with E-state index in [4.69, 9.17) is 4.74 Å². The molecule has 1 unspecified atom stereocenters. The van der Waals surface area contributed by atoms with Gasteiger partial charge in [-0.1, -0.05) is 26.0 Å². The van der Waals surface area contributed by atoms with Crippen molar-refractivity contribution >= 4 is 23.8 Å². The van der Waals surface area contributed by atoms with Crippen molar-refractivity contribution in [3.8, 4) is 0 Å². The molecule has 1 aliphatic heterocycles. The molecule has 1 heterocycles. The van der Waals surface area contributed by atoms with Gasteiger partial charge in [0.1, 0.15) is 0 Å². The monoisotopic (exact) mass is 362 g/mol. The predicted octanol–water partition coefficient (Wildman–Crippen LogP) is 4.16. The zero-order valence-electron chi connectivity index (χ0n) is 15.2. The lowest BCUT2D eigenvalue weighted by Crippen LogP contribution is -2.46. The van der Waals surface area contributed by atoms with Gasteiger partial charge in [0, 0.05) is 10.6 Å². The summed E-state index contributed by atoms with van der Waals surface area (Å²) in [6.45, 7) is 7.68. The number of ether oxygens (including phenoxy) is 1. The van der Waals surface area contributed by atoms with Crippen LogP contribution in [0.1, 0.15) is 52.1 Å². The highest BCUT2D eigenvalue weighted by Crippen LogP contribution is 2.30. The highest BCUT2D eigenvalue weighted by Gasteiger charge is 2.33. The first-order chi connectivity index (χ1) is 12.0. The molecule has 0 bridgehead atoms. The summed E-state index contributed by atoms with van der Waals surface area (Å²) < 4.78 is 5.39. The van der Waals surface area contributed by atoms with Crippen molar-refractivity contribution < 1.29 is 14.3 Å². The number of rotatable bonds is 7. The fraction of sp³-hybridized carbons (Fsp3) is 0.474. The lowest BCUT2D eigenvalue weighted by Gasteiger charge is -2.29. The second kappa shape index (κ2) is 8.94. The summed E-state index contributed by atoms with van der Waals surface area (Å²) in [5.74, 6) is 0.670. The first-order valence-electron chi connectivity index (χ1n) is 8.70. The largest absolute Gasteiger partial charge is 0.459 e. The minimum Gasteiger partial charge on any atom is -0.459 e. The average Bonchev–Trinajstić information content (AvgIpc) is 2.58. The summed E-state index contributed by atoms with van der Waals surface area (Å²) in [5, 5.41) is 5.58. The molecular weight excluding hydrogens is 336 g/mol. The quantitative estimate of drug-likeness (QED) is 0.565. The lowest BCUT2D eigenvalue weighted by molar-refractivity contribution is -0.143. The topological polar surface area (TPSA) is 67.4 Å². The molecule has 6 heteroatoms. The van der Waals surface area contributed by atoms with Gasteiger partial charge in [0.25, 0.3) is 0 Å². The third kappa shape index (κ3) is 5.01. The van der Waals surface area contributed by atoms with Crippen molar-refractivity contribution in [3.05, 3.63) is 41.1 Å². The number of carbonyl (C=O) groups is 2. The molecule has 2 rings (SSSR count). The van der Waals surface area contributed by atoms with Gasteiger partial charge in [-0.2, -0.15) is 0 Å². The number of hydrogen-bond acceptors (Lipinski definition) is 4. The van der Waals surface area contributed by atoms with Crippen molar-refractivity contribution in [1.82, 2.24) is 10.6 Å². The Bertz CT molecular complexity index is 653. The summed E-state index contributed by atoms with van der Waals surface area (Å²) in [7, 11) is 0. The molecule has 0 radical (unpaired) electrons. The number of carbonyl (C=O) groups excluding carboxylic acids is 2. The molecule has 0 saturated heterocycles. The molecule has 2 N–H and O–H groups in total. The van der Waals surface area contributed by atoms with E-state index in [1.807, 2.05) is 45.0 Å². The molecule has 0 fully saturated rings. The Balaban J connectivity index is 2.34. The van der Waals surface area contributed by atoms with Crippen molar-refractivity contribution in [2.45, 2.75) is 57.6 Å². The van der Waals surface area contributed by atoms with Crippen LogP contribution in [0.25, 0.3) is 0 Å². The fourth-order valence-electron chi connectivity index (χ4n) is 2.64. The number of benzene rings is 1. The third-order valence-corrected chi connectivity index (χ3v) is 4.97. The van der Waals surface area contributed by atoms with Gasteiger partial charge < -0.3 is 15.4 Å². The Kier molecular flexibility index (Phi) is 6.93. The Labute approximate surface area is 153 Å². The molecule has 5 nitrogen and oxygen atoms in total. The van der Waals surface area contributed by atoms with Crippen LogP contribution in [-0.2, 0) is 9.53 Å². The molecule has 1 atom stereocenters. The second-order valence-corrected chi connectivity index (χ2v) is 7.32. The van der Waals surface area contributed by atoms with Crippen LogP contribution in [0.4, 0.5) is 4.79 Å². The van der Waals surface area contributed by atoms with Crippen LogP contribution in [0.2, 0.25) is 0 Å². The Morgan fingerprint density at radius 3 is 2.48 bits per heavy atom. The molecule has 1 aromatic rings. The third-order valence-electron chi connectivity index (χ3n) is 3.76. The van der Waals surface area contributed by atoms with E-state index in [-0.39, 0.29) is 12.1 Å². The number of hydrogen-bond donors (Lipinski definition) is 2. The molecule has 0 spiro atoms. The number of amides is 2. The zero-order valence-corrected chi connectivity index (χ0v) is 16.0. The predicted molar refractivity (Wildman–Crippen MR) is 100 cm³/mol. The highest BCUT2D eigenvalue weighted by atomic mass is 32.2. The van der Waals surface area contributed by atoms with Gasteiger partial charge in [0.05, 0.1) is 17.7 Å². The number of allylic oxidation sites excluding steroid dienone is 1. The fourth-order valence-corrected chi connectivity index (χ4v) is 3.41. The first kappa shape index (κ1) is 19.4. The maximum atomic E-state index is 12.6. The van der Waals surface area contributed by atoms with Crippen LogP contribution in [0.15, 0.2) is 40.4 Å². The van der Waals surface area contributed by atoms with Crippen molar-refractivity contribution in [1.29, 1.82) is 0 Å². The highest BCUT2D eigenvalue weighted by molar-refractivity contribution is 7.99. The Morgan fingerprint density at radius 1 is 1.24 bits per heavy atom. The van der Waals surface area contributed by atoms with E-state index in [1.54, 1.807) is 11.8 Å². The lowest BCUT2D eigenvalue weighted by atomic mass is 9.94. The van der Waals surface area contributed by atoms with Crippen LogP contribution in [0.5, 0.6) is 0 Å². The molecule has 2 amide bonds. The molecule has 136 valence electrons. The molecular formula is C19H26N2O3S. The van der Waals surface area contributed by atoms with Crippen molar-refractivity contribution in [3.63, 3.8) is 0 Å². The van der Waals surface area contributed by atoms with E-state index in [2.05, 4.69) is 17.6 Å². The molecule has 1 aromatic carbocycles. The maximum Gasteiger partial charge on any atom is 0.338 e. The van der Waals surface area contributed by atoms with E-state index in [9.17, 15) is 9.59 Å². The van der Waals surface area contributed by atoms with E-state index < -0.39 is 12.0 Å². The molecule has 0 aliphatic carbocycles. The van der Waals surface area contributed by atoms with Gasteiger partial charge >= 0.3 is 12.0 Å². The minimum absolute atomic E-state index is 0.218. The van der Waals surface area contributed by atoms with Gasteiger partial charge in [-0.05, 0) is 50.1 Å². The first-order valence-corrected chi connectivity index (χ1v) is 9.69. The van der Waals surface area contributed by atoms with Gasteiger partial charge in [0.2, 0.25) is 0 Å². The van der Waals surface area contributed by atoms with Gasteiger partial charge in [-0.25, -0.2) is 9.59 Å². The zero-order chi connectivity index (χ0) is 18.4. The van der Waals surface area contributed by atoms with E-state index in [0.29, 0.717) is 17.7 Å². The molecule has 25 heavy (non-hydrogen) atoms. The van der Waals surface area contributed by atoms with Crippen LogP contribution in [0.3, 0.4) is 0 Å². The Morgan fingerprint density at radius 2 is 1.92 bits per heavy atom. The van der Waals surface area contributed by atoms with Crippen LogP contribution in [-0.4, -0.2) is 23.9 Å². The summed E-state index contributed by atoms with van der Waals surface area (Å²) in [5.41, 5.74) is 1.96. The van der Waals surface area contributed by atoms with Gasteiger partial charge in [-0.3, -0.25) is 0 Å². The summed E-state index contributed by atoms with van der Waals surface area (Å²) >= 11 is 1.79. The summed E-state index contributed by atoms with van der Waals surface area (Å²) in [4.78, 5) is 25.8. The summed E-state index contributed by atoms with van der Waals surface area (Å²) in [6, 6.07) is 7.18. The maximum absolute atomic E-state index is 12.6. The Hall–Kier alpha value is -1.95. The SMILES string of the molecule is CCCSc1ccc(C2NC(=O)NC(CC)=C2C(=O)OC(C)C)cc1. The molecule has 0 saturated carbocycles. The van der Waals surface area contributed by atoms with Crippen LogP contribution in [0, 0.1) is 0 Å². The van der Waals surface area contributed by atoms with Crippen molar-refractivity contribution in [2.75, 3.05) is 5.75 Å². The van der Waals surface area contributed by atoms with E-state index >= 15 is 0 Å². The number of esters is 1. The number of urea groups is 1. The number of thioether (sulfide) groups is 1. The average molecular weight is 362 g/mol.